The molecule has 1 aromatic carbocycles. The Balaban J connectivity index is 2.01. The van der Waals surface area contributed by atoms with Crippen LogP contribution in [-0.2, 0) is 0 Å². The van der Waals surface area contributed by atoms with Crippen molar-refractivity contribution in [3.8, 4) is 0 Å². The second-order valence-electron chi connectivity index (χ2n) is 4.04. The topological polar surface area (TPSA) is 51.8 Å². The Kier molecular flexibility index (Phi) is 4.15. The van der Waals surface area contributed by atoms with Gasteiger partial charge in [0, 0.05) is 11.8 Å². The normalized spacial score (nSPS) is 12.6. The van der Waals surface area contributed by atoms with Crippen LogP contribution in [0.5, 0.6) is 0 Å². The number of nitrogens with two attached hydrogens (primary N) is 1. The molecule has 0 saturated heterocycles. The van der Waals surface area contributed by atoms with Gasteiger partial charge in [0.05, 0.1) is 0 Å². The zero-order chi connectivity index (χ0) is 12.3. The molecule has 0 bridgehead atoms. The zero-order valence-electron chi connectivity index (χ0n) is 9.88. The van der Waals surface area contributed by atoms with E-state index in [1.807, 2.05) is 0 Å². The molecule has 0 radical (unpaired) electrons. The molecule has 1 heterocycles. The van der Waals surface area contributed by atoms with Gasteiger partial charge in [-0.2, -0.15) is 0 Å². The van der Waals surface area contributed by atoms with Gasteiger partial charge in [-0.25, -0.2) is 0 Å². The first kappa shape index (κ1) is 12.5. The molecule has 1 aromatic heterocycles. The minimum absolute atomic E-state index is 0.0440. The number of hydrogen-bond donors (Lipinski definition) is 1. The molecule has 0 aliphatic rings. The largest absolute Gasteiger partial charge is 0.323 e. The summed E-state index contributed by atoms with van der Waals surface area (Å²) in [6, 6.07) is 6.51. The lowest BCUT2D eigenvalue weighted by atomic mass is 10.0. The molecule has 3 nitrogen and oxygen atoms in total. The summed E-state index contributed by atoms with van der Waals surface area (Å²) in [6.07, 6.45) is 0. The van der Waals surface area contributed by atoms with Gasteiger partial charge in [0.25, 0.3) is 0 Å². The Labute approximate surface area is 109 Å². The number of thioether (sulfide) groups is 1. The smallest absolute Gasteiger partial charge is 0.174 e. The number of hydrogen-bond acceptors (Lipinski definition) is 5. The van der Waals surface area contributed by atoms with Gasteiger partial charge < -0.3 is 5.73 Å². The second-order valence-corrected chi connectivity index (χ2v) is 6.14. The van der Waals surface area contributed by atoms with Crippen LogP contribution in [0.1, 0.15) is 22.7 Å². The molecule has 2 aromatic rings. The van der Waals surface area contributed by atoms with Crippen molar-refractivity contribution in [3.63, 3.8) is 0 Å². The van der Waals surface area contributed by atoms with E-state index in [-0.39, 0.29) is 6.04 Å². The number of nitrogens with zero attached hydrogens (tertiary/aromatic N) is 2. The number of benzene rings is 1. The highest BCUT2D eigenvalue weighted by Gasteiger charge is 2.09. The van der Waals surface area contributed by atoms with Gasteiger partial charge in [0.2, 0.25) is 0 Å². The van der Waals surface area contributed by atoms with Crippen molar-refractivity contribution < 1.29 is 0 Å². The van der Waals surface area contributed by atoms with Gasteiger partial charge in [0.15, 0.2) is 4.34 Å². The fourth-order valence-electron chi connectivity index (χ4n) is 1.71. The van der Waals surface area contributed by atoms with E-state index < -0.39 is 0 Å². The van der Waals surface area contributed by atoms with Gasteiger partial charge in [0.1, 0.15) is 5.51 Å². The van der Waals surface area contributed by atoms with E-state index in [1.54, 1.807) is 28.6 Å². The Morgan fingerprint density at radius 3 is 2.59 bits per heavy atom. The molecule has 0 amide bonds. The average molecular weight is 265 g/mol. The molecule has 17 heavy (non-hydrogen) atoms. The Morgan fingerprint density at radius 2 is 2.00 bits per heavy atom. The summed E-state index contributed by atoms with van der Waals surface area (Å²) in [5.74, 6) is 0.831. The van der Waals surface area contributed by atoms with Crippen molar-refractivity contribution in [1.82, 2.24) is 10.2 Å². The Morgan fingerprint density at radius 1 is 1.29 bits per heavy atom. The Hall–Kier alpha value is -0.910. The summed E-state index contributed by atoms with van der Waals surface area (Å²) in [5, 5.41) is 7.80. The fraction of sp³-hybridized carbons (Fsp3) is 0.333. The molecule has 1 atom stereocenters. The quantitative estimate of drug-likeness (QED) is 0.864. The minimum atomic E-state index is 0.0440. The van der Waals surface area contributed by atoms with Crippen molar-refractivity contribution in [2.24, 2.45) is 5.73 Å². The third-order valence-corrected chi connectivity index (χ3v) is 4.38. The summed E-state index contributed by atoms with van der Waals surface area (Å²) in [6.45, 7) is 4.20. The molecule has 1 unspecified atom stereocenters. The first-order valence-corrected chi connectivity index (χ1v) is 7.24. The predicted octanol–water partition coefficient (Wildman–Crippen LogP) is 2.95. The highest BCUT2D eigenvalue weighted by Crippen LogP contribution is 2.25. The van der Waals surface area contributed by atoms with E-state index in [0.29, 0.717) is 0 Å². The van der Waals surface area contributed by atoms with Crippen molar-refractivity contribution in [2.45, 2.75) is 24.2 Å². The summed E-state index contributed by atoms with van der Waals surface area (Å²) in [4.78, 5) is 0. The highest BCUT2D eigenvalue weighted by molar-refractivity contribution is 8.01. The van der Waals surface area contributed by atoms with E-state index in [2.05, 4.69) is 42.2 Å². The van der Waals surface area contributed by atoms with Crippen LogP contribution >= 0.6 is 23.1 Å². The predicted molar refractivity (Wildman–Crippen MR) is 73.5 cm³/mol. The SMILES string of the molecule is Cc1cc(C)cc(C(N)CSc2nncs2)c1. The third kappa shape index (κ3) is 3.52. The Bertz CT molecular complexity index is 462. The summed E-state index contributed by atoms with van der Waals surface area (Å²) in [7, 11) is 0. The van der Waals surface area contributed by atoms with Gasteiger partial charge in [-0.15, -0.1) is 10.2 Å². The maximum atomic E-state index is 6.18. The maximum Gasteiger partial charge on any atom is 0.174 e. The second kappa shape index (κ2) is 5.62. The van der Waals surface area contributed by atoms with Crippen molar-refractivity contribution in [3.05, 3.63) is 40.4 Å². The molecule has 0 fully saturated rings. The molecule has 0 aliphatic carbocycles. The van der Waals surface area contributed by atoms with Crippen LogP contribution in [0.15, 0.2) is 28.0 Å². The van der Waals surface area contributed by atoms with Crippen molar-refractivity contribution in [1.29, 1.82) is 0 Å². The number of rotatable bonds is 4. The summed E-state index contributed by atoms with van der Waals surface area (Å²) < 4.78 is 0.977. The van der Waals surface area contributed by atoms with Crippen LogP contribution in [-0.4, -0.2) is 16.0 Å². The first-order valence-electron chi connectivity index (χ1n) is 5.38. The molecule has 2 N–H and O–H groups in total. The van der Waals surface area contributed by atoms with E-state index in [4.69, 9.17) is 5.73 Å². The minimum Gasteiger partial charge on any atom is -0.323 e. The fourth-order valence-corrected chi connectivity index (χ4v) is 3.21. The first-order chi connectivity index (χ1) is 8.15. The lowest BCUT2D eigenvalue weighted by molar-refractivity contribution is 0.827. The summed E-state index contributed by atoms with van der Waals surface area (Å²) >= 11 is 3.21. The van der Waals surface area contributed by atoms with E-state index >= 15 is 0 Å². The van der Waals surface area contributed by atoms with Crippen LogP contribution in [0.3, 0.4) is 0 Å². The monoisotopic (exact) mass is 265 g/mol. The van der Waals surface area contributed by atoms with Crippen LogP contribution in [0.4, 0.5) is 0 Å². The van der Waals surface area contributed by atoms with Crippen LogP contribution in [0.2, 0.25) is 0 Å². The lowest BCUT2D eigenvalue weighted by Gasteiger charge is -2.12. The van der Waals surface area contributed by atoms with Crippen molar-refractivity contribution in [2.75, 3.05) is 5.75 Å². The molecular weight excluding hydrogens is 250 g/mol. The average Bonchev–Trinajstić information content (AvgIpc) is 2.77. The molecule has 5 heteroatoms. The van der Waals surface area contributed by atoms with E-state index in [0.717, 1.165) is 10.1 Å². The highest BCUT2D eigenvalue weighted by atomic mass is 32.2. The molecule has 2 rings (SSSR count). The van der Waals surface area contributed by atoms with Gasteiger partial charge in [-0.05, 0) is 19.4 Å². The molecule has 0 spiro atoms. The molecular formula is C12H15N3S2. The number of aryl methyl sites for hydroxylation is 2. The standard InChI is InChI=1S/C12H15N3S2/c1-8-3-9(2)5-10(4-8)11(13)6-16-12-15-14-7-17-12/h3-5,7,11H,6,13H2,1-2H3. The lowest BCUT2D eigenvalue weighted by Crippen LogP contribution is -2.13. The van der Waals surface area contributed by atoms with Crippen LogP contribution < -0.4 is 5.73 Å². The molecule has 90 valence electrons. The van der Waals surface area contributed by atoms with E-state index in [9.17, 15) is 0 Å². The van der Waals surface area contributed by atoms with Gasteiger partial charge in [-0.1, -0.05) is 52.4 Å². The maximum absolute atomic E-state index is 6.18. The number of aromatic nitrogens is 2. The van der Waals surface area contributed by atoms with Gasteiger partial charge in [-0.3, -0.25) is 0 Å². The molecule has 0 saturated carbocycles. The van der Waals surface area contributed by atoms with E-state index in [1.165, 1.54) is 16.7 Å². The summed E-state index contributed by atoms with van der Waals surface area (Å²) in [5.41, 5.74) is 11.6. The van der Waals surface area contributed by atoms with Crippen LogP contribution in [0.25, 0.3) is 0 Å². The third-order valence-electron chi connectivity index (χ3n) is 2.40. The zero-order valence-corrected chi connectivity index (χ0v) is 11.5. The van der Waals surface area contributed by atoms with Gasteiger partial charge >= 0.3 is 0 Å². The van der Waals surface area contributed by atoms with Crippen LogP contribution in [0, 0.1) is 13.8 Å². The molecule has 0 aliphatic heterocycles. The van der Waals surface area contributed by atoms with Crippen molar-refractivity contribution >= 4 is 23.1 Å².